The number of carbonyl (C=O) groups excluding carboxylic acids is 1. The molecule has 0 atom stereocenters. The minimum absolute atomic E-state index is 0.0183. The Morgan fingerprint density at radius 3 is 2.91 bits per heavy atom. The first-order chi connectivity index (χ1) is 11.1. The molecule has 2 aromatic rings. The van der Waals surface area contributed by atoms with E-state index in [1.165, 1.54) is 30.0 Å². The molecule has 0 bridgehead atoms. The molecule has 0 saturated heterocycles. The Morgan fingerprint density at radius 1 is 1.48 bits per heavy atom. The summed E-state index contributed by atoms with van der Waals surface area (Å²) >= 11 is 7.04. The number of nitrogens with zero attached hydrogens (tertiary/aromatic N) is 3. The Labute approximate surface area is 142 Å². The number of halogens is 2. The molecule has 1 aromatic heterocycles. The zero-order valence-electron chi connectivity index (χ0n) is 12.6. The topological polar surface area (TPSA) is 59.8 Å². The number of hydrogen-bond donors (Lipinski definition) is 1. The van der Waals surface area contributed by atoms with E-state index in [0.717, 1.165) is 30.4 Å². The van der Waals surface area contributed by atoms with Gasteiger partial charge in [0.15, 0.2) is 5.16 Å². The number of aromatic nitrogens is 3. The van der Waals surface area contributed by atoms with Crippen LogP contribution in [0.3, 0.4) is 0 Å². The van der Waals surface area contributed by atoms with Gasteiger partial charge in [-0.2, -0.15) is 0 Å². The quantitative estimate of drug-likeness (QED) is 0.803. The van der Waals surface area contributed by atoms with Crippen LogP contribution in [0.15, 0.2) is 23.4 Å². The van der Waals surface area contributed by atoms with Crippen molar-refractivity contribution in [1.29, 1.82) is 0 Å². The average Bonchev–Trinajstić information content (AvgIpc) is 3.29. The maximum absolute atomic E-state index is 13.1. The van der Waals surface area contributed by atoms with Crippen molar-refractivity contribution in [1.82, 2.24) is 14.8 Å². The van der Waals surface area contributed by atoms with Crippen molar-refractivity contribution in [2.24, 2.45) is 0 Å². The van der Waals surface area contributed by atoms with Crippen LogP contribution in [0.1, 0.15) is 31.5 Å². The van der Waals surface area contributed by atoms with Gasteiger partial charge < -0.3 is 9.88 Å². The Hall–Kier alpha value is -1.60. The molecular weight excluding hydrogens is 339 g/mol. The number of anilines is 1. The summed E-state index contributed by atoms with van der Waals surface area (Å²) in [5, 5.41) is 11.8. The summed E-state index contributed by atoms with van der Waals surface area (Å²) in [4.78, 5) is 12.0. The van der Waals surface area contributed by atoms with Gasteiger partial charge in [0.25, 0.3) is 0 Å². The van der Waals surface area contributed by atoms with Crippen LogP contribution in [0, 0.1) is 5.82 Å². The minimum Gasteiger partial charge on any atom is -0.325 e. The first kappa shape index (κ1) is 16.3. The zero-order chi connectivity index (χ0) is 16.4. The third-order valence-electron chi connectivity index (χ3n) is 3.54. The lowest BCUT2D eigenvalue weighted by atomic mass is 10.3. The molecule has 23 heavy (non-hydrogen) atoms. The van der Waals surface area contributed by atoms with E-state index in [1.807, 2.05) is 6.92 Å². The summed E-state index contributed by atoms with van der Waals surface area (Å²) in [6, 6.07) is 4.09. The predicted octanol–water partition coefficient (Wildman–Crippen LogP) is 3.70. The molecule has 1 N–H and O–H groups in total. The largest absolute Gasteiger partial charge is 0.325 e. The van der Waals surface area contributed by atoms with E-state index in [9.17, 15) is 9.18 Å². The maximum Gasteiger partial charge on any atom is 0.234 e. The van der Waals surface area contributed by atoms with Gasteiger partial charge in [-0.1, -0.05) is 23.4 Å². The second-order valence-corrected chi connectivity index (χ2v) is 6.67. The standard InChI is InChI=1S/C15H16ClFN4OS/c1-2-21-14(9-3-4-9)19-20-15(21)23-8-13(22)18-10-5-6-12(17)11(16)7-10/h5-7,9H,2-4,8H2,1H3,(H,18,22). The lowest BCUT2D eigenvalue weighted by molar-refractivity contribution is -0.113. The molecule has 1 heterocycles. The first-order valence-electron chi connectivity index (χ1n) is 7.39. The average molecular weight is 355 g/mol. The van der Waals surface area contributed by atoms with Gasteiger partial charge in [-0.05, 0) is 38.0 Å². The summed E-state index contributed by atoms with van der Waals surface area (Å²) in [5.74, 6) is 1.03. The lowest BCUT2D eigenvalue weighted by Gasteiger charge is -2.07. The SMILES string of the molecule is CCn1c(SCC(=O)Nc2ccc(F)c(Cl)c2)nnc1C1CC1. The van der Waals surface area contributed by atoms with E-state index in [1.54, 1.807) is 0 Å². The number of nitrogens with one attached hydrogen (secondary N) is 1. The van der Waals surface area contributed by atoms with Gasteiger partial charge in [-0.15, -0.1) is 10.2 Å². The highest BCUT2D eigenvalue weighted by atomic mass is 35.5. The van der Waals surface area contributed by atoms with E-state index >= 15 is 0 Å². The summed E-state index contributed by atoms with van der Waals surface area (Å²) < 4.78 is 15.2. The Kier molecular flexibility index (Phi) is 4.87. The van der Waals surface area contributed by atoms with Crippen molar-refractivity contribution >= 4 is 35.0 Å². The second kappa shape index (κ2) is 6.88. The van der Waals surface area contributed by atoms with Crippen LogP contribution in [0.5, 0.6) is 0 Å². The fraction of sp³-hybridized carbons (Fsp3) is 0.400. The second-order valence-electron chi connectivity index (χ2n) is 5.33. The molecule has 3 rings (SSSR count). The zero-order valence-corrected chi connectivity index (χ0v) is 14.1. The Morgan fingerprint density at radius 2 is 2.26 bits per heavy atom. The first-order valence-corrected chi connectivity index (χ1v) is 8.75. The number of amides is 1. The van der Waals surface area contributed by atoms with Crippen molar-refractivity contribution in [3.8, 4) is 0 Å². The van der Waals surface area contributed by atoms with Gasteiger partial charge >= 0.3 is 0 Å². The third kappa shape index (κ3) is 3.84. The molecule has 0 aliphatic heterocycles. The molecule has 122 valence electrons. The lowest BCUT2D eigenvalue weighted by Crippen LogP contribution is -2.14. The normalized spacial score (nSPS) is 14.0. The monoisotopic (exact) mass is 354 g/mol. The van der Waals surface area contributed by atoms with Gasteiger partial charge in [-0.25, -0.2) is 4.39 Å². The van der Waals surface area contributed by atoms with Gasteiger partial charge in [0.1, 0.15) is 11.6 Å². The van der Waals surface area contributed by atoms with Crippen LogP contribution >= 0.6 is 23.4 Å². The molecule has 1 aromatic carbocycles. The molecule has 8 heteroatoms. The van der Waals surface area contributed by atoms with Gasteiger partial charge in [0.2, 0.25) is 5.91 Å². The van der Waals surface area contributed by atoms with E-state index in [2.05, 4.69) is 20.1 Å². The molecule has 0 radical (unpaired) electrons. The Bertz CT molecular complexity index is 732. The molecule has 1 aliphatic rings. The van der Waals surface area contributed by atoms with Crippen molar-refractivity contribution < 1.29 is 9.18 Å². The van der Waals surface area contributed by atoms with Crippen molar-refractivity contribution in [2.45, 2.75) is 37.4 Å². The molecular formula is C15H16ClFN4OS. The maximum atomic E-state index is 13.1. The van der Waals surface area contributed by atoms with E-state index in [0.29, 0.717) is 11.6 Å². The van der Waals surface area contributed by atoms with Crippen LogP contribution in [-0.2, 0) is 11.3 Å². The van der Waals surface area contributed by atoms with Crippen LogP contribution in [0.4, 0.5) is 10.1 Å². The van der Waals surface area contributed by atoms with Crippen molar-refractivity contribution in [3.63, 3.8) is 0 Å². The van der Waals surface area contributed by atoms with E-state index in [4.69, 9.17) is 11.6 Å². The minimum atomic E-state index is -0.511. The molecule has 0 spiro atoms. The van der Waals surface area contributed by atoms with E-state index < -0.39 is 5.82 Å². The fourth-order valence-electron chi connectivity index (χ4n) is 2.25. The third-order valence-corrected chi connectivity index (χ3v) is 4.80. The van der Waals surface area contributed by atoms with Crippen molar-refractivity contribution in [2.75, 3.05) is 11.1 Å². The summed E-state index contributed by atoms with van der Waals surface area (Å²) in [5.41, 5.74) is 0.470. The number of benzene rings is 1. The van der Waals surface area contributed by atoms with Crippen LogP contribution in [0.2, 0.25) is 5.02 Å². The molecule has 1 amide bonds. The summed E-state index contributed by atoms with van der Waals surface area (Å²) in [6.45, 7) is 2.83. The van der Waals surface area contributed by atoms with E-state index in [-0.39, 0.29) is 16.7 Å². The highest BCUT2D eigenvalue weighted by molar-refractivity contribution is 7.99. The molecule has 1 saturated carbocycles. The predicted molar refractivity (Wildman–Crippen MR) is 88.4 cm³/mol. The van der Waals surface area contributed by atoms with Crippen LogP contribution < -0.4 is 5.32 Å². The highest BCUT2D eigenvalue weighted by Gasteiger charge is 2.30. The Balaban J connectivity index is 1.59. The number of hydrogen-bond acceptors (Lipinski definition) is 4. The summed E-state index contributed by atoms with van der Waals surface area (Å²) in [6.07, 6.45) is 2.32. The van der Waals surface area contributed by atoms with Gasteiger partial charge in [-0.3, -0.25) is 4.79 Å². The number of rotatable bonds is 6. The molecule has 1 aliphatic carbocycles. The highest BCUT2D eigenvalue weighted by Crippen LogP contribution is 2.39. The number of thioether (sulfide) groups is 1. The molecule has 5 nitrogen and oxygen atoms in total. The van der Waals surface area contributed by atoms with Gasteiger partial charge in [0.05, 0.1) is 10.8 Å². The molecule has 0 unspecified atom stereocenters. The summed E-state index contributed by atoms with van der Waals surface area (Å²) in [7, 11) is 0. The van der Waals surface area contributed by atoms with Crippen LogP contribution in [0.25, 0.3) is 0 Å². The number of carbonyl (C=O) groups is 1. The van der Waals surface area contributed by atoms with Crippen LogP contribution in [-0.4, -0.2) is 26.4 Å². The smallest absolute Gasteiger partial charge is 0.234 e. The van der Waals surface area contributed by atoms with Crippen molar-refractivity contribution in [3.05, 3.63) is 34.9 Å². The van der Waals surface area contributed by atoms with Gasteiger partial charge in [0, 0.05) is 18.2 Å². The fourth-order valence-corrected chi connectivity index (χ4v) is 3.24. The molecule has 1 fully saturated rings.